The van der Waals surface area contributed by atoms with Crippen molar-refractivity contribution in [2.75, 3.05) is 11.1 Å². The number of alkyl halides is 2. The maximum absolute atomic E-state index is 13.7. The van der Waals surface area contributed by atoms with E-state index in [1.807, 2.05) is 0 Å². The van der Waals surface area contributed by atoms with Gasteiger partial charge in [0.1, 0.15) is 5.69 Å². The average Bonchev–Trinajstić information content (AvgIpc) is 2.72. The van der Waals surface area contributed by atoms with Gasteiger partial charge in [0, 0.05) is 11.8 Å². The van der Waals surface area contributed by atoms with E-state index >= 15 is 0 Å². The maximum Gasteiger partial charge on any atom is 0.586 e. The first-order chi connectivity index (χ1) is 9.85. The van der Waals surface area contributed by atoms with Crippen molar-refractivity contribution >= 4 is 17.1 Å². The summed E-state index contributed by atoms with van der Waals surface area (Å²) in [5, 5.41) is 2.52. The van der Waals surface area contributed by atoms with Crippen molar-refractivity contribution in [1.82, 2.24) is 0 Å². The van der Waals surface area contributed by atoms with E-state index in [1.54, 1.807) is 0 Å². The molecule has 2 aromatic rings. The van der Waals surface area contributed by atoms with Crippen LogP contribution in [0.25, 0.3) is 0 Å². The first-order valence-electron chi connectivity index (χ1n) is 5.76. The lowest BCUT2D eigenvalue weighted by Crippen LogP contribution is -2.25. The number of hydrogen-bond acceptors (Lipinski definition) is 4. The van der Waals surface area contributed by atoms with Gasteiger partial charge in [0.25, 0.3) is 0 Å². The molecule has 0 spiro atoms. The molecule has 3 N–H and O–H groups in total. The fraction of sp³-hybridized carbons (Fsp3) is 0.0769. The molecule has 1 aliphatic heterocycles. The average molecular weight is 300 g/mol. The number of nitrogens with two attached hydrogens (primary N) is 1. The molecule has 0 aliphatic carbocycles. The highest BCUT2D eigenvalue weighted by atomic mass is 19.3. The van der Waals surface area contributed by atoms with Crippen molar-refractivity contribution < 1.29 is 27.0 Å². The molecule has 0 fully saturated rings. The summed E-state index contributed by atoms with van der Waals surface area (Å²) in [6.07, 6.45) is -3.75. The smallest absolute Gasteiger partial charge is 0.397 e. The first-order valence-corrected chi connectivity index (χ1v) is 5.76. The van der Waals surface area contributed by atoms with Crippen LogP contribution in [0.15, 0.2) is 30.3 Å². The fourth-order valence-electron chi connectivity index (χ4n) is 1.86. The van der Waals surface area contributed by atoms with Gasteiger partial charge in [-0.3, -0.25) is 0 Å². The minimum atomic E-state index is -3.75. The van der Waals surface area contributed by atoms with E-state index in [0.717, 1.165) is 6.07 Å². The number of nitrogen functional groups attached to an aromatic ring is 1. The van der Waals surface area contributed by atoms with Crippen LogP contribution < -0.4 is 20.5 Å². The van der Waals surface area contributed by atoms with Crippen molar-refractivity contribution in [2.45, 2.75) is 6.29 Å². The summed E-state index contributed by atoms with van der Waals surface area (Å²) < 4.78 is 61.1. The van der Waals surface area contributed by atoms with E-state index in [2.05, 4.69) is 14.8 Å². The molecule has 1 heterocycles. The van der Waals surface area contributed by atoms with Gasteiger partial charge in [-0.15, -0.1) is 8.78 Å². The van der Waals surface area contributed by atoms with Gasteiger partial charge in [-0.2, -0.15) is 0 Å². The molecule has 8 heteroatoms. The molecule has 0 amide bonds. The van der Waals surface area contributed by atoms with E-state index in [1.165, 1.54) is 24.3 Å². The van der Waals surface area contributed by atoms with Gasteiger partial charge < -0.3 is 20.5 Å². The number of nitrogens with one attached hydrogen (secondary N) is 1. The summed E-state index contributed by atoms with van der Waals surface area (Å²) in [5.74, 6) is -2.63. The lowest BCUT2D eigenvalue weighted by Gasteiger charge is -2.11. The molecule has 21 heavy (non-hydrogen) atoms. The number of rotatable bonds is 2. The minimum absolute atomic E-state index is 0.0307. The van der Waals surface area contributed by atoms with Crippen LogP contribution in [0.5, 0.6) is 11.5 Å². The monoisotopic (exact) mass is 300 g/mol. The van der Waals surface area contributed by atoms with Crippen LogP contribution in [0, 0.1) is 11.6 Å². The van der Waals surface area contributed by atoms with E-state index in [9.17, 15) is 17.6 Å². The van der Waals surface area contributed by atoms with Crippen LogP contribution in [0.4, 0.5) is 34.6 Å². The topological polar surface area (TPSA) is 56.5 Å². The van der Waals surface area contributed by atoms with Gasteiger partial charge in [-0.05, 0) is 24.3 Å². The standard InChI is InChI=1S/C13H8F4N2O2/c14-7-2-3-8(18)12(11(7)15)19-6-1-4-9-10(5-6)21-13(16,17)20-9/h1-5,19H,18H2. The number of anilines is 3. The van der Waals surface area contributed by atoms with Crippen molar-refractivity contribution in [2.24, 2.45) is 0 Å². The van der Waals surface area contributed by atoms with Crippen LogP contribution in [-0.2, 0) is 0 Å². The molecule has 110 valence electrons. The lowest BCUT2D eigenvalue weighted by molar-refractivity contribution is -0.286. The summed E-state index contributed by atoms with van der Waals surface area (Å²) in [4.78, 5) is 0. The molecule has 0 unspecified atom stereocenters. The summed E-state index contributed by atoms with van der Waals surface area (Å²) in [6, 6.07) is 5.79. The zero-order valence-electron chi connectivity index (χ0n) is 10.3. The lowest BCUT2D eigenvalue weighted by atomic mass is 10.2. The van der Waals surface area contributed by atoms with E-state index < -0.39 is 17.9 Å². The Morgan fingerprint density at radius 1 is 1.00 bits per heavy atom. The van der Waals surface area contributed by atoms with Gasteiger partial charge in [0.05, 0.1) is 5.69 Å². The second kappa shape index (κ2) is 4.44. The highest BCUT2D eigenvalue weighted by Crippen LogP contribution is 2.43. The van der Waals surface area contributed by atoms with Gasteiger partial charge in [-0.25, -0.2) is 8.78 Å². The fourth-order valence-corrected chi connectivity index (χ4v) is 1.86. The minimum Gasteiger partial charge on any atom is -0.397 e. The first kappa shape index (κ1) is 13.3. The van der Waals surface area contributed by atoms with Gasteiger partial charge in [-0.1, -0.05) is 0 Å². The second-order valence-corrected chi connectivity index (χ2v) is 4.28. The summed E-state index contributed by atoms with van der Waals surface area (Å²) in [5.41, 5.74) is 5.41. The number of benzene rings is 2. The summed E-state index contributed by atoms with van der Waals surface area (Å²) in [6.45, 7) is 0. The van der Waals surface area contributed by atoms with E-state index in [-0.39, 0.29) is 28.6 Å². The molecular formula is C13H8F4N2O2. The molecule has 4 nitrogen and oxygen atoms in total. The Kier molecular flexibility index (Phi) is 2.82. The number of ether oxygens (including phenoxy) is 2. The van der Waals surface area contributed by atoms with Gasteiger partial charge in [0.15, 0.2) is 23.1 Å². The highest BCUT2D eigenvalue weighted by molar-refractivity contribution is 5.74. The van der Waals surface area contributed by atoms with Crippen LogP contribution in [-0.4, -0.2) is 6.29 Å². The van der Waals surface area contributed by atoms with E-state index in [0.29, 0.717) is 0 Å². The Morgan fingerprint density at radius 2 is 1.71 bits per heavy atom. The molecule has 1 aliphatic rings. The number of halogens is 4. The molecule has 0 bridgehead atoms. The van der Waals surface area contributed by atoms with Gasteiger partial charge in [0.2, 0.25) is 0 Å². The Morgan fingerprint density at radius 3 is 2.48 bits per heavy atom. The zero-order valence-corrected chi connectivity index (χ0v) is 10.3. The molecule has 0 radical (unpaired) electrons. The van der Waals surface area contributed by atoms with Crippen LogP contribution in [0.3, 0.4) is 0 Å². The largest absolute Gasteiger partial charge is 0.586 e. The Balaban J connectivity index is 1.93. The predicted octanol–water partition coefficient (Wildman–Crippen LogP) is 3.61. The molecule has 0 atom stereocenters. The quantitative estimate of drug-likeness (QED) is 0.657. The van der Waals surface area contributed by atoms with Crippen molar-refractivity contribution in [3.05, 3.63) is 42.0 Å². The van der Waals surface area contributed by atoms with Crippen LogP contribution >= 0.6 is 0 Å². The van der Waals surface area contributed by atoms with E-state index in [4.69, 9.17) is 5.73 Å². The third kappa shape index (κ3) is 2.39. The molecule has 3 rings (SSSR count). The Labute approximate surface area is 116 Å². The van der Waals surface area contributed by atoms with Gasteiger partial charge >= 0.3 is 6.29 Å². The molecule has 0 aromatic heterocycles. The molecule has 0 saturated heterocycles. The van der Waals surface area contributed by atoms with Crippen LogP contribution in [0.2, 0.25) is 0 Å². The van der Waals surface area contributed by atoms with Crippen molar-refractivity contribution in [1.29, 1.82) is 0 Å². The number of fused-ring (bicyclic) bond motifs is 1. The SMILES string of the molecule is Nc1ccc(F)c(F)c1Nc1ccc2c(c1)OC(F)(F)O2. The third-order valence-electron chi connectivity index (χ3n) is 2.80. The molecule has 2 aromatic carbocycles. The Bertz CT molecular complexity index is 722. The number of hydrogen-bond donors (Lipinski definition) is 2. The summed E-state index contributed by atoms with van der Waals surface area (Å²) in [7, 11) is 0. The molecule has 0 saturated carbocycles. The van der Waals surface area contributed by atoms with Crippen molar-refractivity contribution in [3.63, 3.8) is 0 Å². The van der Waals surface area contributed by atoms with Crippen molar-refractivity contribution in [3.8, 4) is 11.5 Å². The second-order valence-electron chi connectivity index (χ2n) is 4.28. The highest BCUT2D eigenvalue weighted by Gasteiger charge is 2.43. The third-order valence-corrected chi connectivity index (χ3v) is 2.80. The normalized spacial score (nSPS) is 15.0. The Hall–Kier alpha value is -2.64. The maximum atomic E-state index is 13.7. The summed E-state index contributed by atoms with van der Waals surface area (Å²) >= 11 is 0. The zero-order chi connectivity index (χ0) is 15.2. The van der Waals surface area contributed by atoms with Crippen LogP contribution in [0.1, 0.15) is 0 Å². The molecular weight excluding hydrogens is 292 g/mol. The predicted molar refractivity (Wildman–Crippen MR) is 66.7 cm³/mol.